The van der Waals surface area contributed by atoms with E-state index >= 15 is 0 Å². The number of carboxylic acids is 5. The zero-order chi connectivity index (χ0) is 69.5. The first-order chi connectivity index (χ1) is 43.1. The molecule has 0 aliphatic rings. The third kappa shape index (κ3) is 28.7. The number of hydrogen-bond acceptors (Lipinski definition) is 18. The van der Waals surface area contributed by atoms with Gasteiger partial charge in [0.25, 0.3) is 0 Å². The summed E-state index contributed by atoms with van der Waals surface area (Å²) in [5.41, 5.74) is 17.1. The minimum absolute atomic E-state index is 0.0182. The summed E-state index contributed by atoms with van der Waals surface area (Å²) in [6.45, 7) is 7.14. The molecule has 2 aromatic carbocycles. The molecule has 508 valence electrons. The van der Waals surface area contributed by atoms with Crippen LogP contribution >= 0.6 is 0 Å². The monoisotopic (exact) mass is 1300 g/mol. The highest BCUT2D eigenvalue weighted by molar-refractivity contribution is 5.99. The highest BCUT2D eigenvalue weighted by atomic mass is 16.4. The van der Waals surface area contributed by atoms with Crippen LogP contribution in [0.1, 0.15) is 110 Å². The van der Waals surface area contributed by atoms with Crippen LogP contribution in [0.3, 0.4) is 0 Å². The predicted molar refractivity (Wildman–Crippen MR) is 324 cm³/mol. The molecule has 22 N–H and O–H groups in total. The Balaban J connectivity index is 2.57. The van der Waals surface area contributed by atoms with Gasteiger partial charge in [0.05, 0.1) is 12.5 Å². The highest BCUT2D eigenvalue weighted by Crippen LogP contribution is 2.16. The van der Waals surface area contributed by atoms with Crippen LogP contribution in [0.5, 0.6) is 5.75 Å². The van der Waals surface area contributed by atoms with Crippen molar-refractivity contribution >= 4 is 89.0 Å². The van der Waals surface area contributed by atoms with Crippen LogP contribution in [0.2, 0.25) is 0 Å². The van der Waals surface area contributed by atoms with Gasteiger partial charge in [-0.2, -0.15) is 0 Å². The fourth-order valence-electron chi connectivity index (χ4n) is 8.73. The van der Waals surface area contributed by atoms with E-state index in [4.69, 9.17) is 17.2 Å². The number of carboxylic acid groups (broad SMARTS) is 5. The Bertz CT molecular complexity index is 2930. The second kappa shape index (κ2) is 39.2. The zero-order valence-electron chi connectivity index (χ0n) is 51.4. The molecule has 0 aliphatic carbocycles. The van der Waals surface area contributed by atoms with Crippen molar-refractivity contribution in [3.05, 3.63) is 65.7 Å². The maximum Gasteiger partial charge on any atom is 0.326 e. The summed E-state index contributed by atoms with van der Waals surface area (Å²) >= 11 is 0. The van der Waals surface area contributed by atoms with Gasteiger partial charge in [0.1, 0.15) is 66.2 Å². The van der Waals surface area contributed by atoms with Crippen molar-refractivity contribution in [1.29, 1.82) is 0 Å². The Hall–Kier alpha value is -9.99. The summed E-state index contributed by atoms with van der Waals surface area (Å²) in [4.78, 5) is 190. The second-order valence-electron chi connectivity index (χ2n) is 22.0. The predicted octanol–water partition coefficient (Wildman–Crippen LogP) is -3.84. The molecule has 0 aliphatic heterocycles. The standard InChI is InChI=1S/C58H85N13O21/c1-6-29(4)47(71-50(84)36(20-23-43(78)79)64-54(88)45(59)30(5)72)56(90)69-40(27-44(80)81)53(87)68-39(26-32-14-16-33(73)17-15-32)51(85)63-35(19-22-42(76)77)49(83)70-46(28(2)3)55(89)65-34(18-21-41(74)75)48(82)67-38(25-31-11-8-7-9-12-31)52(86)66-37(57(91)92)13-10-24-62-58(60)61/h7-9,11-12,14-17,28-30,34-40,45-47,72-73H,6,10,13,18-27,59H2,1-5H3,(H,63,85)(H,64,88)(H,65,89)(H,66,86)(H,67,82)(H,68,87)(H,69,90)(H,70,83)(H,71,84)(H,74,75)(H,76,77)(H,78,79)(H,80,81)(H,91,92)(H4,60,61,62)/t29-,30+,34-,35-,36-,37-,38-,39-,40-,45-,46-,47-/m0/s1. The Morgan fingerprint density at radius 2 is 0.837 bits per heavy atom. The zero-order valence-corrected chi connectivity index (χ0v) is 51.4. The van der Waals surface area contributed by atoms with Crippen molar-refractivity contribution in [3.63, 3.8) is 0 Å². The molecule has 0 bridgehead atoms. The van der Waals surface area contributed by atoms with E-state index in [9.17, 15) is 103 Å². The maximum atomic E-state index is 14.5. The number of aliphatic imine (C=N–C) groups is 1. The van der Waals surface area contributed by atoms with Crippen molar-refractivity contribution in [3.8, 4) is 5.75 Å². The fraction of sp³-hybridized carbons (Fsp3) is 0.534. The third-order valence-corrected chi connectivity index (χ3v) is 14.2. The molecule has 0 saturated heterocycles. The lowest BCUT2D eigenvalue weighted by atomic mass is 9.96. The Morgan fingerprint density at radius 1 is 0.457 bits per heavy atom. The molecule has 0 saturated carbocycles. The number of nitrogens with zero attached hydrogens (tertiary/aromatic N) is 1. The summed E-state index contributed by atoms with van der Waals surface area (Å²) < 4.78 is 0. The van der Waals surface area contributed by atoms with Crippen molar-refractivity contribution in [2.24, 2.45) is 34.0 Å². The molecule has 2 aromatic rings. The summed E-state index contributed by atoms with van der Waals surface area (Å²) in [5.74, 6) is -19.9. The van der Waals surface area contributed by atoms with Crippen molar-refractivity contribution < 1.29 is 103 Å². The minimum Gasteiger partial charge on any atom is -0.508 e. The van der Waals surface area contributed by atoms with Gasteiger partial charge in [0, 0.05) is 38.6 Å². The minimum atomic E-state index is -2.06. The number of hydrogen-bond donors (Lipinski definition) is 19. The van der Waals surface area contributed by atoms with E-state index < -0.39 is 213 Å². The number of carbonyl (C=O) groups is 14. The van der Waals surface area contributed by atoms with Crippen LogP contribution in [0, 0.1) is 11.8 Å². The Labute approximate surface area is 528 Å². The second-order valence-corrected chi connectivity index (χ2v) is 22.0. The number of aliphatic carboxylic acids is 5. The number of phenols is 1. The van der Waals surface area contributed by atoms with Gasteiger partial charge in [0.2, 0.25) is 53.2 Å². The van der Waals surface area contributed by atoms with Gasteiger partial charge in [-0.1, -0.05) is 76.6 Å². The molecule has 0 fully saturated rings. The molecule has 0 unspecified atom stereocenters. The summed E-state index contributed by atoms with van der Waals surface area (Å²) in [6.07, 6.45) is -7.25. The van der Waals surface area contributed by atoms with E-state index in [2.05, 4.69) is 52.8 Å². The van der Waals surface area contributed by atoms with E-state index in [1.165, 1.54) is 52.0 Å². The van der Waals surface area contributed by atoms with Gasteiger partial charge >= 0.3 is 29.8 Å². The molecular weight excluding hydrogens is 1210 g/mol. The van der Waals surface area contributed by atoms with Gasteiger partial charge in [-0.3, -0.25) is 67.3 Å². The average molecular weight is 1300 g/mol. The first-order valence-electron chi connectivity index (χ1n) is 29.3. The molecule has 9 amide bonds. The van der Waals surface area contributed by atoms with E-state index in [0.29, 0.717) is 5.56 Å². The molecule has 34 heteroatoms. The number of nitrogens with two attached hydrogens (primary N) is 3. The molecule has 0 spiro atoms. The van der Waals surface area contributed by atoms with Crippen LogP contribution in [0.25, 0.3) is 0 Å². The van der Waals surface area contributed by atoms with E-state index in [1.54, 1.807) is 37.3 Å². The van der Waals surface area contributed by atoms with E-state index in [0.717, 1.165) is 0 Å². The van der Waals surface area contributed by atoms with Crippen molar-refractivity contribution in [1.82, 2.24) is 47.9 Å². The summed E-state index contributed by atoms with van der Waals surface area (Å²) in [5, 5.41) is 89.6. The van der Waals surface area contributed by atoms with Crippen LogP contribution in [-0.4, -0.2) is 198 Å². The molecular formula is C58H85N13O21. The molecule has 34 nitrogen and oxygen atoms in total. The van der Waals surface area contributed by atoms with Crippen LogP contribution in [0.15, 0.2) is 59.6 Å². The number of phenolic OH excluding ortho intramolecular Hbond substituents is 1. The van der Waals surface area contributed by atoms with Crippen molar-refractivity contribution in [2.75, 3.05) is 6.54 Å². The van der Waals surface area contributed by atoms with Gasteiger partial charge in [-0.05, 0) is 74.1 Å². The number of rotatable bonds is 42. The molecule has 0 heterocycles. The molecule has 2 rings (SSSR count). The van der Waals surface area contributed by atoms with E-state index in [-0.39, 0.29) is 49.5 Å². The molecule has 92 heavy (non-hydrogen) atoms. The first-order valence-corrected chi connectivity index (χ1v) is 29.3. The summed E-state index contributed by atoms with van der Waals surface area (Å²) in [7, 11) is 0. The number of aliphatic hydroxyl groups is 1. The lowest BCUT2D eigenvalue weighted by molar-refractivity contribution is -0.142. The van der Waals surface area contributed by atoms with Gasteiger partial charge in [-0.15, -0.1) is 0 Å². The fourth-order valence-corrected chi connectivity index (χ4v) is 8.73. The number of guanidine groups is 1. The van der Waals surface area contributed by atoms with Gasteiger partial charge in [-0.25, -0.2) is 4.79 Å². The molecule has 0 aromatic heterocycles. The highest BCUT2D eigenvalue weighted by Gasteiger charge is 2.38. The smallest absolute Gasteiger partial charge is 0.326 e. The first kappa shape index (κ1) is 78.1. The van der Waals surface area contributed by atoms with Crippen LogP contribution < -0.4 is 65.1 Å². The quantitative estimate of drug-likeness (QED) is 0.0172. The Morgan fingerprint density at radius 3 is 1.26 bits per heavy atom. The average Bonchev–Trinajstić information content (AvgIpc) is 0.907. The van der Waals surface area contributed by atoms with Gasteiger partial charge < -0.3 is 101 Å². The number of aromatic hydroxyl groups is 1. The third-order valence-electron chi connectivity index (χ3n) is 14.2. The number of carbonyl (C=O) groups excluding carboxylic acids is 9. The lowest BCUT2D eigenvalue weighted by Gasteiger charge is -2.29. The number of benzene rings is 2. The van der Waals surface area contributed by atoms with Crippen LogP contribution in [-0.2, 0) is 80.0 Å². The lowest BCUT2D eigenvalue weighted by Crippen LogP contribution is -2.62. The molecule has 0 radical (unpaired) electrons. The number of nitrogens with one attached hydrogen (secondary N) is 9. The normalized spacial score (nSPS) is 14.9. The maximum absolute atomic E-state index is 14.5. The number of aliphatic hydroxyl groups excluding tert-OH is 1. The summed E-state index contributed by atoms with van der Waals surface area (Å²) in [6, 6.07) is -3.89. The largest absolute Gasteiger partial charge is 0.508 e. The van der Waals surface area contributed by atoms with Crippen molar-refractivity contribution in [2.45, 2.75) is 178 Å². The Kier molecular flexibility index (Phi) is 33.3. The molecule has 12 atom stereocenters. The SMILES string of the molecule is CC[C@H](C)[C@H](NC(=O)[C@H](CCC(=O)O)NC(=O)[C@@H](N)[C@@H](C)O)C(=O)N[C@@H](CC(=O)O)C(=O)N[C@@H](Cc1ccc(O)cc1)C(=O)N[C@@H](CCC(=O)O)C(=O)N[C@H](C(=O)N[C@@H](CCC(=O)O)C(=O)N[C@@H](Cc1ccccc1)C(=O)N[C@@H](CCCN=C(N)N)C(=O)O)C(C)C. The topological polar surface area (TPSA) is 579 Å². The van der Waals surface area contributed by atoms with E-state index in [1.807, 2.05) is 0 Å². The van der Waals surface area contributed by atoms with Crippen LogP contribution in [0.4, 0.5) is 0 Å². The number of amides is 9. The van der Waals surface area contributed by atoms with Gasteiger partial charge in [0.15, 0.2) is 5.96 Å².